The molecule has 0 amide bonds. The van der Waals surface area contributed by atoms with Gasteiger partial charge >= 0.3 is 0 Å². The van der Waals surface area contributed by atoms with Gasteiger partial charge in [0.2, 0.25) is 0 Å². The predicted octanol–water partition coefficient (Wildman–Crippen LogP) is 12.0. The lowest BCUT2D eigenvalue weighted by molar-refractivity contribution is 0.748. The molecular weight excluding hydrogens is 579 g/mol. The maximum atomic E-state index is 2.53. The summed E-state index contributed by atoms with van der Waals surface area (Å²) in [6, 6.07) is 54.2. The number of rotatable bonds is 4. The van der Waals surface area contributed by atoms with E-state index in [2.05, 4.69) is 170 Å². The van der Waals surface area contributed by atoms with E-state index in [-0.39, 0.29) is 5.41 Å². The van der Waals surface area contributed by atoms with E-state index in [1.54, 1.807) is 5.57 Å². The highest BCUT2D eigenvalue weighted by Crippen LogP contribution is 2.68. The van der Waals surface area contributed by atoms with E-state index >= 15 is 0 Å². The number of hydrogen-bond acceptors (Lipinski definition) is 1. The number of allylic oxidation sites excluding steroid dienone is 6. The normalized spacial score (nSPS) is 18.1. The molecule has 48 heavy (non-hydrogen) atoms. The van der Waals surface area contributed by atoms with Crippen LogP contribution in [-0.2, 0) is 11.8 Å². The smallest absolute Gasteiger partial charge is 0.0692 e. The molecule has 0 radical (unpaired) electrons. The number of benzene rings is 6. The minimum Gasteiger partial charge on any atom is -0.310 e. The maximum Gasteiger partial charge on any atom is 0.0692 e. The summed E-state index contributed by atoms with van der Waals surface area (Å²) in [7, 11) is 0. The Morgan fingerprint density at radius 2 is 1.23 bits per heavy atom. The highest BCUT2D eigenvalue weighted by Gasteiger charge is 2.56. The van der Waals surface area contributed by atoms with Crippen molar-refractivity contribution in [3.05, 3.63) is 202 Å². The third kappa shape index (κ3) is 3.79. The molecule has 1 unspecified atom stereocenters. The molecule has 1 heteroatoms. The molecule has 0 saturated heterocycles. The van der Waals surface area contributed by atoms with Gasteiger partial charge < -0.3 is 4.90 Å². The average molecular weight is 614 g/mol. The Morgan fingerprint density at radius 1 is 0.562 bits per heavy atom. The molecular formula is C47H35N. The van der Waals surface area contributed by atoms with Crippen molar-refractivity contribution in [3.63, 3.8) is 0 Å². The number of nitrogens with zero attached hydrogens (tertiary/aromatic N) is 1. The highest BCUT2D eigenvalue weighted by molar-refractivity contribution is 6.13. The molecule has 0 heterocycles. The summed E-state index contributed by atoms with van der Waals surface area (Å²) in [6.07, 6.45) is 7.95. The molecule has 4 aliphatic rings. The number of anilines is 3. The molecule has 0 saturated carbocycles. The minimum atomic E-state index is -0.297. The molecule has 4 aliphatic carbocycles. The SMILES string of the molecule is Cc1ccc2c(c1)C1(C3=C(C=CCC3)c3ccc(N(c4ccccc4)c4ccc(-c5ccccc5)cc4)cc31)C1=C2Cc2ccccc21. The average Bonchev–Trinajstić information content (AvgIpc) is 3.76. The molecule has 0 N–H and O–H groups in total. The number of para-hydroxylation sites is 1. The van der Waals surface area contributed by atoms with Gasteiger partial charge in [0.25, 0.3) is 0 Å². The monoisotopic (exact) mass is 613 g/mol. The van der Waals surface area contributed by atoms with Crippen LogP contribution in [0.1, 0.15) is 51.8 Å². The largest absolute Gasteiger partial charge is 0.310 e. The van der Waals surface area contributed by atoms with Crippen molar-refractivity contribution in [3.8, 4) is 11.1 Å². The maximum absolute atomic E-state index is 2.53. The number of aryl methyl sites for hydroxylation is 1. The number of fused-ring (bicyclic) bond motifs is 10. The van der Waals surface area contributed by atoms with Gasteiger partial charge in [0.05, 0.1) is 5.41 Å². The van der Waals surface area contributed by atoms with E-state index in [4.69, 9.17) is 0 Å². The summed E-state index contributed by atoms with van der Waals surface area (Å²) in [6.45, 7) is 2.25. The quantitative estimate of drug-likeness (QED) is 0.191. The summed E-state index contributed by atoms with van der Waals surface area (Å²) in [5.74, 6) is 0. The fourth-order valence-corrected chi connectivity index (χ4v) is 9.12. The lowest BCUT2D eigenvalue weighted by atomic mass is 9.65. The van der Waals surface area contributed by atoms with E-state index in [1.165, 1.54) is 72.5 Å². The fraction of sp³-hybridized carbons (Fsp3) is 0.106. The van der Waals surface area contributed by atoms with Gasteiger partial charge in [-0.05, 0) is 129 Å². The second-order valence-corrected chi connectivity index (χ2v) is 13.6. The fourth-order valence-electron chi connectivity index (χ4n) is 9.12. The lowest BCUT2D eigenvalue weighted by Gasteiger charge is -2.36. The summed E-state index contributed by atoms with van der Waals surface area (Å²) in [5, 5.41) is 0. The minimum absolute atomic E-state index is 0.297. The Hall–Kier alpha value is -5.66. The molecule has 0 aliphatic heterocycles. The number of hydrogen-bond donors (Lipinski definition) is 0. The third-order valence-corrected chi connectivity index (χ3v) is 11.1. The predicted molar refractivity (Wildman–Crippen MR) is 201 cm³/mol. The van der Waals surface area contributed by atoms with Crippen LogP contribution in [0.5, 0.6) is 0 Å². The highest BCUT2D eigenvalue weighted by atomic mass is 15.1. The van der Waals surface area contributed by atoms with Gasteiger partial charge in [-0.2, -0.15) is 0 Å². The van der Waals surface area contributed by atoms with Gasteiger partial charge in [0.15, 0.2) is 0 Å². The summed E-state index contributed by atoms with van der Waals surface area (Å²) in [5.41, 5.74) is 21.6. The van der Waals surface area contributed by atoms with Crippen molar-refractivity contribution in [2.75, 3.05) is 4.90 Å². The van der Waals surface area contributed by atoms with Crippen LogP contribution >= 0.6 is 0 Å². The van der Waals surface area contributed by atoms with Gasteiger partial charge in [-0.15, -0.1) is 0 Å². The zero-order valence-electron chi connectivity index (χ0n) is 27.1. The first-order chi connectivity index (χ1) is 23.7. The van der Waals surface area contributed by atoms with E-state index < -0.39 is 0 Å². The zero-order valence-corrected chi connectivity index (χ0v) is 27.1. The second kappa shape index (κ2) is 10.4. The van der Waals surface area contributed by atoms with Crippen LogP contribution in [0.25, 0.3) is 27.8 Å². The first kappa shape index (κ1) is 27.5. The molecule has 1 atom stereocenters. The molecule has 6 aromatic rings. The molecule has 6 aromatic carbocycles. The Morgan fingerprint density at radius 3 is 2.06 bits per heavy atom. The first-order valence-corrected chi connectivity index (χ1v) is 17.2. The topological polar surface area (TPSA) is 3.24 Å². The van der Waals surface area contributed by atoms with E-state index in [0.717, 1.165) is 30.6 Å². The van der Waals surface area contributed by atoms with Gasteiger partial charge in [0, 0.05) is 17.1 Å². The molecule has 228 valence electrons. The van der Waals surface area contributed by atoms with Crippen LogP contribution in [-0.4, -0.2) is 0 Å². The molecule has 10 rings (SSSR count). The van der Waals surface area contributed by atoms with Crippen molar-refractivity contribution in [1.82, 2.24) is 0 Å². The molecule has 0 fully saturated rings. The van der Waals surface area contributed by atoms with Crippen molar-refractivity contribution in [1.29, 1.82) is 0 Å². The summed E-state index contributed by atoms with van der Waals surface area (Å²) in [4.78, 5) is 2.43. The van der Waals surface area contributed by atoms with Crippen LogP contribution in [0.15, 0.2) is 163 Å². The first-order valence-electron chi connectivity index (χ1n) is 17.2. The van der Waals surface area contributed by atoms with E-state index in [0.29, 0.717) is 0 Å². The Kier molecular flexibility index (Phi) is 5.96. The van der Waals surface area contributed by atoms with Crippen LogP contribution in [0.4, 0.5) is 17.1 Å². The zero-order chi connectivity index (χ0) is 31.8. The Balaban J connectivity index is 1.22. The van der Waals surface area contributed by atoms with E-state index in [1.807, 2.05) is 0 Å². The van der Waals surface area contributed by atoms with Gasteiger partial charge in [-0.1, -0.05) is 127 Å². The Labute approximate surface area is 282 Å². The van der Waals surface area contributed by atoms with Crippen LogP contribution in [0.3, 0.4) is 0 Å². The summed E-state index contributed by atoms with van der Waals surface area (Å²) >= 11 is 0. The molecule has 0 aromatic heterocycles. The van der Waals surface area contributed by atoms with Crippen LogP contribution in [0, 0.1) is 6.92 Å². The van der Waals surface area contributed by atoms with Gasteiger partial charge in [0.1, 0.15) is 0 Å². The van der Waals surface area contributed by atoms with Crippen LogP contribution in [0.2, 0.25) is 0 Å². The van der Waals surface area contributed by atoms with Crippen LogP contribution < -0.4 is 4.90 Å². The van der Waals surface area contributed by atoms with Crippen molar-refractivity contribution < 1.29 is 0 Å². The van der Waals surface area contributed by atoms with Gasteiger partial charge in [-0.3, -0.25) is 0 Å². The van der Waals surface area contributed by atoms with Gasteiger partial charge in [-0.25, -0.2) is 0 Å². The molecule has 1 spiro atoms. The van der Waals surface area contributed by atoms with E-state index in [9.17, 15) is 0 Å². The molecule has 1 nitrogen and oxygen atoms in total. The standard InChI is InChI=1S/C47H35N/c1-31-20-26-41-42-29-34-14-8-9-17-38(34)46(42)47(44(41)28-31)43-19-11-10-18-39(43)40-27-25-37(30-45(40)47)48(35-15-6-3-7-16-35)36-23-21-33(22-24-36)32-12-4-2-5-13-32/h2-10,12-18,20-28,30H,11,19,29H2,1H3. The summed E-state index contributed by atoms with van der Waals surface area (Å²) < 4.78 is 0. The second-order valence-electron chi connectivity index (χ2n) is 13.6. The van der Waals surface area contributed by atoms with Crippen molar-refractivity contribution in [2.24, 2.45) is 0 Å². The Bertz CT molecular complexity index is 2350. The lowest BCUT2D eigenvalue weighted by Crippen LogP contribution is -2.29. The van der Waals surface area contributed by atoms with Crippen molar-refractivity contribution >= 4 is 33.8 Å². The molecule has 0 bridgehead atoms. The third-order valence-electron chi connectivity index (χ3n) is 11.1. The van der Waals surface area contributed by atoms with Crippen molar-refractivity contribution in [2.45, 2.75) is 31.6 Å².